The standard InChI is InChI=1S/C19H18ClNO4/c20-16-11-6-10-15(17(16)18(22)23)9-4-5-12-21-19(24)25-13-14-7-2-1-3-8-14/h1-4,6-11H,5,12-13H2,(H,21,24)(H,22,23). The molecule has 6 heteroatoms. The summed E-state index contributed by atoms with van der Waals surface area (Å²) in [7, 11) is 0. The number of nitrogens with one attached hydrogen (secondary N) is 1. The second-order valence-electron chi connectivity index (χ2n) is 5.19. The summed E-state index contributed by atoms with van der Waals surface area (Å²) in [6.45, 7) is 0.597. The van der Waals surface area contributed by atoms with Crippen LogP contribution in [0.15, 0.2) is 54.6 Å². The molecule has 0 aliphatic carbocycles. The molecule has 2 aromatic carbocycles. The van der Waals surface area contributed by atoms with Gasteiger partial charge in [-0.15, -0.1) is 0 Å². The van der Waals surface area contributed by atoms with E-state index in [1.807, 2.05) is 30.3 Å². The van der Waals surface area contributed by atoms with E-state index in [2.05, 4.69) is 5.32 Å². The van der Waals surface area contributed by atoms with E-state index in [4.69, 9.17) is 16.3 Å². The highest BCUT2D eigenvalue weighted by Crippen LogP contribution is 2.21. The van der Waals surface area contributed by atoms with Gasteiger partial charge in [-0.2, -0.15) is 0 Å². The van der Waals surface area contributed by atoms with Gasteiger partial charge in [-0.25, -0.2) is 9.59 Å². The molecule has 2 aromatic rings. The molecule has 0 bridgehead atoms. The maximum atomic E-state index is 11.6. The Morgan fingerprint density at radius 2 is 1.88 bits per heavy atom. The van der Waals surface area contributed by atoms with Gasteiger partial charge in [0.15, 0.2) is 0 Å². The van der Waals surface area contributed by atoms with E-state index in [0.29, 0.717) is 18.5 Å². The van der Waals surface area contributed by atoms with Crippen LogP contribution in [0.25, 0.3) is 6.08 Å². The molecule has 0 saturated carbocycles. The third-order valence-corrected chi connectivity index (χ3v) is 3.67. The Kier molecular flexibility index (Phi) is 7.04. The number of hydrogen-bond acceptors (Lipinski definition) is 3. The van der Waals surface area contributed by atoms with Crippen molar-refractivity contribution < 1.29 is 19.4 Å². The van der Waals surface area contributed by atoms with E-state index < -0.39 is 12.1 Å². The Balaban J connectivity index is 1.76. The van der Waals surface area contributed by atoms with Crippen LogP contribution in [0.1, 0.15) is 27.9 Å². The summed E-state index contributed by atoms with van der Waals surface area (Å²) in [6, 6.07) is 14.3. The molecule has 0 aliphatic heterocycles. The highest BCUT2D eigenvalue weighted by atomic mass is 35.5. The average molecular weight is 360 g/mol. The van der Waals surface area contributed by atoms with Crippen molar-refractivity contribution >= 4 is 29.7 Å². The predicted molar refractivity (Wildman–Crippen MR) is 96.7 cm³/mol. The number of ether oxygens (including phenoxy) is 1. The maximum absolute atomic E-state index is 11.6. The quantitative estimate of drug-likeness (QED) is 0.720. The molecule has 0 aliphatic rings. The molecule has 0 radical (unpaired) electrons. The third kappa shape index (κ3) is 5.97. The number of carbonyl (C=O) groups is 2. The predicted octanol–water partition coefficient (Wildman–Crippen LogP) is 4.37. The molecular weight excluding hydrogens is 342 g/mol. The summed E-state index contributed by atoms with van der Waals surface area (Å²) in [5, 5.41) is 12.0. The molecular formula is C19H18ClNO4. The molecule has 0 fully saturated rings. The zero-order valence-corrected chi connectivity index (χ0v) is 14.2. The van der Waals surface area contributed by atoms with E-state index in [1.54, 1.807) is 24.3 Å². The van der Waals surface area contributed by atoms with Crippen molar-refractivity contribution in [1.82, 2.24) is 5.32 Å². The van der Waals surface area contributed by atoms with Gasteiger partial charge >= 0.3 is 12.1 Å². The second kappa shape index (κ2) is 9.49. The van der Waals surface area contributed by atoms with Crippen LogP contribution in [0.2, 0.25) is 5.02 Å². The van der Waals surface area contributed by atoms with Crippen molar-refractivity contribution in [3.63, 3.8) is 0 Å². The van der Waals surface area contributed by atoms with Crippen LogP contribution in [-0.2, 0) is 11.3 Å². The van der Waals surface area contributed by atoms with Crippen LogP contribution in [-0.4, -0.2) is 23.7 Å². The molecule has 5 nitrogen and oxygen atoms in total. The van der Waals surface area contributed by atoms with Crippen molar-refractivity contribution in [1.29, 1.82) is 0 Å². The molecule has 0 saturated heterocycles. The number of rotatable bonds is 7. The van der Waals surface area contributed by atoms with Gasteiger partial charge in [-0.05, 0) is 23.6 Å². The summed E-state index contributed by atoms with van der Waals surface area (Å²) < 4.78 is 5.09. The fourth-order valence-corrected chi connectivity index (χ4v) is 2.41. The number of carboxylic acids is 1. The Bertz CT molecular complexity index is 759. The van der Waals surface area contributed by atoms with Gasteiger partial charge in [0.2, 0.25) is 0 Å². The number of alkyl carbamates (subject to hydrolysis) is 1. The normalized spacial score (nSPS) is 10.6. The lowest BCUT2D eigenvalue weighted by molar-refractivity contribution is 0.0696. The minimum absolute atomic E-state index is 0.0654. The van der Waals surface area contributed by atoms with Crippen molar-refractivity contribution in [2.45, 2.75) is 13.0 Å². The SMILES string of the molecule is O=C(NCCC=Cc1cccc(Cl)c1C(=O)O)OCc1ccccc1. The van der Waals surface area contributed by atoms with Crippen LogP contribution >= 0.6 is 11.6 Å². The van der Waals surface area contributed by atoms with Crippen molar-refractivity contribution in [3.05, 3.63) is 76.3 Å². The minimum atomic E-state index is -1.08. The van der Waals surface area contributed by atoms with E-state index >= 15 is 0 Å². The number of amides is 1. The zero-order chi connectivity index (χ0) is 18.1. The summed E-state index contributed by atoms with van der Waals surface area (Å²) in [4.78, 5) is 22.8. The summed E-state index contributed by atoms with van der Waals surface area (Å²) in [5.74, 6) is -1.08. The van der Waals surface area contributed by atoms with E-state index in [0.717, 1.165) is 5.56 Å². The lowest BCUT2D eigenvalue weighted by Crippen LogP contribution is -2.24. The second-order valence-corrected chi connectivity index (χ2v) is 5.60. The van der Waals surface area contributed by atoms with Crippen LogP contribution < -0.4 is 5.32 Å². The Morgan fingerprint density at radius 3 is 2.60 bits per heavy atom. The fraction of sp³-hybridized carbons (Fsp3) is 0.158. The first-order valence-electron chi connectivity index (χ1n) is 7.71. The topological polar surface area (TPSA) is 75.6 Å². The monoisotopic (exact) mass is 359 g/mol. The first-order chi connectivity index (χ1) is 12.1. The number of hydrogen-bond donors (Lipinski definition) is 2. The van der Waals surface area contributed by atoms with E-state index in [9.17, 15) is 14.7 Å². The van der Waals surface area contributed by atoms with Crippen LogP contribution in [0.4, 0.5) is 4.79 Å². The number of halogens is 1. The summed E-state index contributed by atoms with van der Waals surface area (Å²) in [6.07, 6.45) is 3.49. The van der Waals surface area contributed by atoms with Crippen molar-refractivity contribution in [3.8, 4) is 0 Å². The average Bonchev–Trinajstić information content (AvgIpc) is 2.60. The van der Waals surface area contributed by atoms with Gasteiger partial charge < -0.3 is 15.2 Å². The van der Waals surface area contributed by atoms with E-state index in [-0.39, 0.29) is 17.2 Å². The molecule has 2 N–H and O–H groups in total. The minimum Gasteiger partial charge on any atom is -0.478 e. The molecule has 1 amide bonds. The third-order valence-electron chi connectivity index (χ3n) is 3.35. The van der Waals surface area contributed by atoms with Crippen LogP contribution in [0, 0.1) is 0 Å². The number of carboxylic acid groups (broad SMARTS) is 1. The van der Waals surface area contributed by atoms with E-state index in [1.165, 1.54) is 6.07 Å². The van der Waals surface area contributed by atoms with Gasteiger partial charge in [0.1, 0.15) is 6.61 Å². The van der Waals surface area contributed by atoms with Gasteiger partial charge in [0.25, 0.3) is 0 Å². The zero-order valence-electron chi connectivity index (χ0n) is 13.4. The largest absolute Gasteiger partial charge is 0.478 e. The fourth-order valence-electron chi connectivity index (χ4n) is 2.15. The number of carbonyl (C=O) groups excluding carboxylic acids is 1. The summed E-state index contributed by atoms with van der Waals surface area (Å²) in [5.41, 5.74) is 1.50. The Labute approximate surface area is 150 Å². The lowest BCUT2D eigenvalue weighted by Gasteiger charge is -2.06. The molecule has 0 aromatic heterocycles. The van der Waals surface area contributed by atoms with Crippen molar-refractivity contribution in [2.75, 3.05) is 6.54 Å². The molecule has 130 valence electrons. The Morgan fingerprint density at radius 1 is 1.12 bits per heavy atom. The smallest absolute Gasteiger partial charge is 0.407 e. The number of benzene rings is 2. The molecule has 0 unspecified atom stereocenters. The number of aromatic carboxylic acids is 1. The molecule has 2 rings (SSSR count). The highest BCUT2D eigenvalue weighted by molar-refractivity contribution is 6.33. The van der Waals surface area contributed by atoms with Crippen LogP contribution in [0.5, 0.6) is 0 Å². The molecule has 0 heterocycles. The van der Waals surface area contributed by atoms with Crippen LogP contribution in [0.3, 0.4) is 0 Å². The van der Waals surface area contributed by atoms with Gasteiger partial charge in [-0.1, -0.05) is 66.2 Å². The first kappa shape index (κ1) is 18.5. The van der Waals surface area contributed by atoms with Gasteiger partial charge in [0, 0.05) is 6.54 Å². The summed E-state index contributed by atoms with van der Waals surface area (Å²) >= 11 is 5.90. The van der Waals surface area contributed by atoms with Crippen molar-refractivity contribution in [2.24, 2.45) is 0 Å². The van der Waals surface area contributed by atoms with Gasteiger partial charge in [-0.3, -0.25) is 0 Å². The lowest BCUT2D eigenvalue weighted by atomic mass is 10.1. The Hall–Kier alpha value is -2.79. The van der Waals surface area contributed by atoms with Gasteiger partial charge in [0.05, 0.1) is 10.6 Å². The first-order valence-corrected chi connectivity index (χ1v) is 8.08. The molecule has 0 spiro atoms. The highest BCUT2D eigenvalue weighted by Gasteiger charge is 2.11. The molecule has 25 heavy (non-hydrogen) atoms. The molecule has 0 atom stereocenters. The maximum Gasteiger partial charge on any atom is 0.407 e.